The van der Waals surface area contributed by atoms with Crippen LogP contribution in [0.1, 0.15) is 18.4 Å². The number of nitrogens with zero attached hydrogens (tertiary/aromatic N) is 1. The highest BCUT2D eigenvalue weighted by molar-refractivity contribution is 5.78. The molecular weight excluding hydrogens is 286 g/mol. The highest BCUT2D eigenvalue weighted by Gasteiger charge is 2.09. The number of rotatable bonds is 8. The van der Waals surface area contributed by atoms with Crippen molar-refractivity contribution in [3.8, 4) is 0 Å². The van der Waals surface area contributed by atoms with Crippen molar-refractivity contribution < 1.29 is 19.5 Å². The summed E-state index contributed by atoms with van der Waals surface area (Å²) >= 11 is 0. The van der Waals surface area contributed by atoms with Gasteiger partial charge in [-0.1, -0.05) is 30.3 Å². The molecule has 0 atom stereocenters. The molecule has 0 radical (unpaired) electrons. The van der Waals surface area contributed by atoms with E-state index in [9.17, 15) is 14.4 Å². The van der Waals surface area contributed by atoms with Crippen molar-refractivity contribution >= 4 is 17.9 Å². The van der Waals surface area contributed by atoms with Gasteiger partial charge in [-0.3, -0.25) is 9.59 Å². The molecule has 0 aliphatic rings. The van der Waals surface area contributed by atoms with Crippen LogP contribution in [0.2, 0.25) is 0 Å². The van der Waals surface area contributed by atoms with E-state index in [4.69, 9.17) is 5.11 Å². The lowest BCUT2D eigenvalue weighted by atomic mass is 10.2. The summed E-state index contributed by atoms with van der Waals surface area (Å²) in [7, 11) is 1.68. The van der Waals surface area contributed by atoms with Gasteiger partial charge in [0, 0.05) is 33.1 Å². The predicted octanol–water partition coefficient (Wildman–Crippen LogP) is 0.809. The second-order valence-corrected chi connectivity index (χ2v) is 4.82. The van der Waals surface area contributed by atoms with E-state index in [1.165, 1.54) is 4.90 Å². The molecule has 0 heterocycles. The maximum absolute atomic E-state index is 11.8. The molecule has 0 bridgehead atoms. The molecule has 0 aliphatic carbocycles. The number of carbonyl (C=O) groups is 3. The zero-order valence-electron chi connectivity index (χ0n) is 12.5. The fraction of sp³-hybridized carbons (Fsp3) is 0.400. The zero-order valence-corrected chi connectivity index (χ0v) is 12.5. The third-order valence-corrected chi connectivity index (χ3v) is 2.90. The normalized spacial score (nSPS) is 9.86. The predicted molar refractivity (Wildman–Crippen MR) is 81.2 cm³/mol. The Kier molecular flexibility index (Phi) is 7.45. The van der Waals surface area contributed by atoms with Gasteiger partial charge in [0.2, 0.25) is 5.91 Å². The SMILES string of the molecule is CN(Cc1ccccc1)C(=O)NCCC(=O)NCCC(=O)O. The minimum absolute atomic E-state index is 0.0933. The number of hydrogen-bond donors (Lipinski definition) is 3. The molecule has 7 nitrogen and oxygen atoms in total. The van der Waals surface area contributed by atoms with Crippen LogP contribution in [0.5, 0.6) is 0 Å². The molecule has 1 aromatic carbocycles. The Balaban J connectivity index is 2.19. The molecule has 22 heavy (non-hydrogen) atoms. The number of hydrogen-bond acceptors (Lipinski definition) is 3. The van der Waals surface area contributed by atoms with E-state index in [1.807, 2.05) is 30.3 Å². The number of nitrogens with one attached hydrogen (secondary N) is 2. The Labute approximate surface area is 129 Å². The first-order chi connectivity index (χ1) is 10.5. The molecule has 0 aromatic heterocycles. The first-order valence-electron chi connectivity index (χ1n) is 7.00. The lowest BCUT2D eigenvalue weighted by Crippen LogP contribution is -2.39. The lowest BCUT2D eigenvalue weighted by Gasteiger charge is -2.18. The number of amides is 3. The Morgan fingerprint density at radius 2 is 1.68 bits per heavy atom. The van der Waals surface area contributed by atoms with Crippen molar-refractivity contribution in [3.05, 3.63) is 35.9 Å². The first kappa shape index (κ1) is 17.5. The van der Waals surface area contributed by atoms with Gasteiger partial charge in [0.15, 0.2) is 0 Å². The molecule has 3 amide bonds. The van der Waals surface area contributed by atoms with Crippen molar-refractivity contribution in [1.29, 1.82) is 0 Å². The van der Waals surface area contributed by atoms with Crippen LogP contribution in [0.15, 0.2) is 30.3 Å². The minimum Gasteiger partial charge on any atom is -0.481 e. The highest BCUT2D eigenvalue weighted by Crippen LogP contribution is 2.02. The minimum atomic E-state index is -0.962. The highest BCUT2D eigenvalue weighted by atomic mass is 16.4. The zero-order chi connectivity index (χ0) is 16.4. The smallest absolute Gasteiger partial charge is 0.317 e. The maximum Gasteiger partial charge on any atom is 0.317 e. The molecule has 1 aromatic rings. The van der Waals surface area contributed by atoms with Crippen LogP contribution in [0, 0.1) is 0 Å². The molecular formula is C15H21N3O4. The van der Waals surface area contributed by atoms with Crippen molar-refractivity contribution in [2.24, 2.45) is 0 Å². The van der Waals surface area contributed by atoms with Crippen LogP contribution in [0.4, 0.5) is 4.79 Å². The molecule has 3 N–H and O–H groups in total. The summed E-state index contributed by atoms with van der Waals surface area (Å²) < 4.78 is 0. The lowest BCUT2D eigenvalue weighted by molar-refractivity contribution is -0.136. The van der Waals surface area contributed by atoms with E-state index >= 15 is 0 Å². The second-order valence-electron chi connectivity index (χ2n) is 4.82. The average molecular weight is 307 g/mol. The summed E-state index contributed by atoms with van der Waals surface area (Å²) in [6, 6.07) is 9.32. The van der Waals surface area contributed by atoms with Gasteiger partial charge in [-0.25, -0.2) is 4.79 Å². The summed E-state index contributed by atoms with van der Waals surface area (Å²) in [6.45, 7) is 0.782. The molecule has 0 unspecified atom stereocenters. The molecule has 7 heteroatoms. The van der Waals surface area contributed by atoms with E-state index in [0.717, 1.165) is 5.56 Å². The molecule has 0 saturated heterocycles. The summed E-state index contributed by atoms with van der Waals surface area (Å²) in [6.07, 6.45) is 0.00243. The van der Waals surface area contributed by atoms with Gasteiger partial charge < -0.3 is 20.6 Å². The van der Waals surface area contributed by atoms with Crippen LogP contribution in [-0.2, 0) is 16.1 Å². The van der Waals surface area contributed by atoms with Crippen LogP contribution in [0.25, 0.3) is 0 Å². The largest absolute Gasteiger partial charge is 0.481 e. The Hall–Kier alpha value is -2.57. The number of carbonyl (C=O) groups excluding carboxylic acids is 2. The van der Waals surface area contributed by atoms with Gasteiger partial charge in [0.25, 0.3) is 0 Å². The molecule has 0 fully saturated rings. The van der Waals surface area contributed by atoms with Crippen molar-refractivity contribution in [2.45, 2.75) is 19.4 Å². The van der Waals surface area contributed by atoms with Crippen LogP contribution in [0.3, 0.4) is 0 Å². The molecule has 120 valence electrons. The van der Waals surface area contributed by atoms with Gasteiger partial charge in [-0.05, 0) is 5.56 Å². The quantitative estimate of drug-likeness (QED) is 0.662. The van der Waals surface area contributed by atoms with E-state index in [1.54, 1.807) is 7.05 Å². The number of benzene rings is 1. The second kappa shape index (κ2) is 9.38. The van der Waals surface area contributed by atoms with E-state index in [0.29, 0.717) is 6.54 Å². The van der Waals surface area contributed by atoms with Gasteiger partial charge >= 0.3 is 12.0 Å². The van der Waals surface area contributed by atoms with Crippen LogP contribution in [-0.4, -0.2) is 48.1 Å². The van der Waals surface area contributed by atoms with Gasteiger partial charge in [0.1, 0.15) is 0 Å². The standard InChI is InChI=1S/C15H21N3O4/c1-18(11-12-5-3-2-4-6-12)15(22)17-9-7-13(19)16-10-8-14(20)21/h2-6H,7-11H2,1H3,(H,16,19)(H,17,22)(H,20,21). The van der Waals surface area contributed by atoms with E-state index < -0.39 is 5.97 Å². The Bertz CT molecular complexity index is 505. The van der Waals surface area contributed by atoms with Crippen molar-refractivity contribution in [3.63, 3.8) is 0 Å². The van der Waals surface area contributed by atoms with Crippen LogP contribution < -0.4 is 10.6 Å². The van der Waals surface area contributed by atoms with Crippen LogP contribution >= 0.6 is 0 Å². The fourth-order valence-corrected chi connectivity index (χ4v) is 1.74. The molecule has 0 spiro atoms. The number of carboxylic acids is 1. The maximum atomic E-state index is 11.8. The fourth-order valence-electron chi connectivity index (χ4n) is 1.74. The topological polar surface area (TPSA) is 98.7 Å². The number of carboxylic acid groups (broad SMARTS) is 1. The molecule has 1 rings (SSSR count). The Morgan fingerprint density at radius 3 is 2.32 bits per heavy atom. The summed E-state index contributed by atoms with van der Waals surface area (Å²) in [4.78, 5) is 35.1. The Morgan fingerprint density at radius 1 is 1.05 bits per heavy atom. The number of urea groups is 1. The summed E-state index contributed by atoms with van der Waals surface area (Å²) in [5, 5.41) is 13.6. The van der Waals surface area contributed by atoms with Crippen molar-refractivity contribution in [1.82, 2.24) is 15.5 Å². The summed E-state index contributed by atoms with van der Waals surface area (Å²) in [5.74, 6) is -1.25. The number of aliphatic carboxylic acids is 1. The van der Waals surface area contributed by atoms with Gasteiger partial charge in [0.05, 0.1) is 6.42 Å². The van der Waals surface area contributed by atoms with E-state index in [2.05, 4.69) is 10.6 Å². The first-order valence-corrected chi connectivity index (χ1v) is 7.00. The summed E-state index contributed by atoms with van der Waals surface area (Å²) in [5.41, 5.74) is 1.02. The van der Waals surface area contributed by atoms with Crippen molar-refractivity contribution in [2.75, 3.05) is 20.1 Å². The third-order valence-electron chi connectivity index (χ3n) is 2.90. The molecule has 0 aliphatic heterocycles. The van der Waals surface area contributed by atoms with Gasteiger partial charge in [-0.2, -0.15) is 0 Å². The monoisotopic (exact) mass is 307 g/mol. The third kappa shape index (κ3) is 7.28. The average Bonchev–Trinajstić information content (AvgIpc) is 2.47. The van der Waals surface area contributed by atoms with E-state index in [-0.39, 0.29) is 37.9 Å². The van der Waals surface area contributed by atoms with Gasteiger partial charge in [-0.15, -0.1) is 0 Å². The molecule has 0 saturated carbocycles.